The molecule has 3 aromatic rings. The van der Waals surface area contributed by atoms with Crippen molar-refractivity contribution in [3.05, 3.63) is 36.2 Å². The first kappa shape index (κ1) is 13.4. The summed E-state index contributed by atoms with van der Waals surface area (Å²) in [6.07, 6.45) is 0.466. The largest absolute Gasteiger partial charge is 0.480 e. The summed E-state index contributed by atoms with van der Waals surface area (Å²) in [6.45, 7) is 3.55. The van der Waals surface area contributed by atoms with Crippen molar-refractivity contribution in [2.24, 2.45) is 0 Å². The third-order valence-electron chi connectivity index (χ3n) is 3.48. The van der Waals surface area contributed by atoms with Gasteiger partial charge < -0.3 is 14.1 Å². The maximum Gasteiger partial charge on any atom is 0.326 e. The van der Waals surface area contributed by atoms with Crippen LogP contribution in [0.3, 0.4) is 0 Å². The number of aryl methyl sites for hydroxylation is 1. The molecule has 1 aromatic carbocycles. The normalized spacial score (nSPS) is 12.7. The molecule has 1 atom stereocenters. The number of carbonyl (C=O) groups is 1. The van der Waals surface area contributed by atoms with Crippen LogP contribution in [0.25, 0.3) is 22.5 Å². The smallest absolute Gasteiger partial charge is 0.326 e. The Labute approximate surface area is 121 Å². The lowest BCUT2D eigenvalue weighted by molar-refractivity contribution is -0.140. The number of nitrogens with zero attached hydrogens (tertiary/aromatic N) is 3. The predicted molar refractivity (Wildman–Crippen MR) is 76.9 cm³/mol. The lowest BCUT2D eigenvalue weighted by atomic mass is 10.2. The van der Waals surface area contributed by atoms with Gasteiger partial charge in [-0.25, -0.2) is 4.79 Å². The molecule has 0 saturated carbocycles. The van der Waals surface area contributed by atoms with Crippen molar-refractivity contribution in [1.82, 2.24) is 14.8 Å². The number of aliphatic carboxylic acids is 1. The van der Waals surface area contributed by atoms with Crippen molar-refractivity contribution in [3.8, 4) is 11.6 Å². The van der Waals surface area contributed by atoms with Crippen molar-refractivity contribution >= 4 is 16.9 Å². The minimum Gasteiger partial charge on any atom is -0.480 e. The molecule has 108 valence electrons. The van der Waals surface area contributed by atoms with Crippen LogP contribution in [0.5, 0.6) is 0 Å². The Hall–Kier alpha value is -2.63. The number of aromatic nitrogens is 3. The Morgan fingerprint density at radius 2 is 2.14 bits per heavy atom. The molecule has 0 spiro atoms. The van der Waals surface area contributed by atoms with Gasteiger partial charge in [0.15, 0.2) is 0 Å². The molecule has 6 heteroatoms. The second-order valence-electron chi connectivity index (χ2n) is 4.85. The van der Waals surface area contributed by atoms with E-state index in [4.69, 9.17) is 4.42 Å². The fourth-order valence-corrected chi connectivity index (χ4v) is 2.54. The first-order valence-electron chi connectivity index (χ1n) is 6.75. The Balaban J connectivity index is 2.30. The van der Waals surface area contributed by atoms with Crippen molar-refractivity contribution in [2.45, 2.75) is 26.3 Å². The van der Waals surface area contributed by atoms with Gasteiger partial charge >= 0.3 is 5.97 Å². The number of hydrogen-bond donors (Lipinski definition) is 1. The van der Waals surface area contributed by atoms with E-state index in [1.165, 1.54) is 0 Å². The van der Waals surface area contributed by atoms with Crippen LogP contribution in [-0.4, -0.2) is 25.8 Å². The second kappa shape index (κ2) is 5.05. The first-order valence-corrected chi connectivity index (χ1v) is 6.75. The summed E-state index contributed by atoms with van der Waals surface area (Å²) in [4.78, 5) is 11.6. The fraction of sp³-hybridized carbons (Fsp3) is 0.267. The van der Waals surface area contributed by atoms with Gasteiger partial charge in [-0.2, -0.15) is 0 Å². The zero-order valence-electron chi connectivity index (χ0n) is 11.8. The van der Waals surface area contributed by atoms with E-state index in [0.29, 0.717) is 23.9 Å². The second-order valence-corrected chi connectivity index (χ2v) is 4.85. The van der Waals surface area contributed by atoms with Crippen LogP contribution in [-0.2, 0) is 4.79 Å². The van der Waals surface area contributed by atoms with Gasteiger partial charge in [-0.3, -0.25) is 0 Å². The van der Waals surface area contributed by atoms with E-state index in [9.17, 15) is 9.90 Å². The lowest BCUT2D eigenvalue weighted by Crippen LogP contribution is -2.18. The molecule has 0 saturated heterocycles. The third kappa shape index (κ3) is 2.18. The van der Waals surface area contributed by atoms with Crippen LogP contribution in [0.1, 0.15) is 25.3 Å². The van der Waals surface area contributed by atoms with Crippen LogP contribution in [0.4, 0.5) is 0 Å². The summed E-state index contributed by atoms with van der Waals surface area (Å²) in [5, 5.41) is 18.3. The number of rotatable bonds is 4. The van der Waals surface area contributed by atoms with Gasteiger partial charge in [0.05, 0.1) is 0 Å². The third-order valence-corrected chi connectivity index (χ3v) is 3.48. The Morgan fingerprint density at radius 3 is 2.76 bits per heavy atom. The van der Waals surface area contributed by atoms with E-state index in [-0.39, 0.29) is 0 Å². The average Bonchev–Trinajstić information content (AvgIpc) is 3.04. The molecule has 21 heavy (non-hydrogen) atoms. The summed E-state index contributed by atoms with van der Waals surface area (Å²) in [6, 6.07) is 8.84. The minimum atomic E-state index is -0.878. The molecule has 0 fully saturated rings. The molecule has 1 unspecified atom stereocenters. The quantitative estimate of drug-likeness (QED) is 0.796. The molecule has 0 bridgehead atoms. The highest BCUT2D eigenvalue weighted by molar-refractivity contribution is 5.88. The molecule has 3 rings (SSSR count). The molecular formula is C15H15N3O3. The first-order chi connectivity index (χ1) is 10.1. The zero-order chi connectivity index (χ0) is 15.0. The molecule has 0 aliphatic heterocycles. The number of para-hydroxylation sites is 1. The van der Waals surface area contributed by atoms with Gasteiger partial charge in [-0.15, -0.1) is 10.2 Å². The fourth-order valence-electron chi connectivity index (χ4n) is 2.54. The maximum atomic E-state index is 11.6. The molecule has 0 aliphatic carbocycles. The van der Waals surface area contributed by atoms with E-state index >= 15 is 0 Å². The van der Waals surface area contributed by atoms with Crippen molar-refractivity contribution in [2.75, 3.05) is 0 Å². The highest BCUT2D eigenvalue weighted by atomic mass is 16.4. The van der Waals surface area contributed by atoms with E-state index in [2.05, 4.69) is 10.2 Å². The maximum absolute atomic E-state index is 11.6. The number of hydrogen-bond acceptors (Lipinski definition) is 4. The predicted octanol–water partition coefficient (Wildman–Crippen LogP) is 3.04. The number of benzene rings is 1. The summed E-state index contributed by atoms with van der Waals surface area (Å²) < 4.78 is 7.23. The molecule has 0 amide bonds. The molecule has 2 heterocycles. The molecule has 6 nitrogen and oxygen atoms in total. The Morgan fingerprint density at radius 1 is 1.38 bits per heavy atom. The molecule has 1 N–H and O–H groups in total. The van der Waals surface area contributed by atoms with Crippen molar-refractivity contribution in [3.63, 3.8) is 0 Å². The Kier molecular flexibility index (Phi) is 3.21. The van der Waals surface area contributed by atoms with Crippen LogP contribution in [0, 0.1) is 6.92 Å². The molecule has 2 aromatic heterocycles. The van der Waals surface area contributed by atoms with Crippen LogP contribution in [0.2, 0.25) is 0 Å². The monoisotopic (exact) mass is 285 g/mol. The van der Waals surface area contributed by atoms with Gasteiger partial charge in [-0.05, 0) is 18.6 Å². The number of carboxylic acids is 1. The van der Waals surface area contributed by atoms with Crippen LogP contribution < -0.4 is 0 Å². The van der Waals surface area contributed by atoms with E-state index in [1.807, 2.05) is 37.3 Å². The molecular weight excluding hydrogens is 270 g/mol. The van der Waals surface area contributed by atoms with E-state index < -0.39 is 12.0 Å². The summed E-state index contributed by atoms with van der Waals surface area (Å²) >= 11 is 0. The van der Waals surface area contributed by atoms with Gasteiger partial charge in [-0.1, -0.05) is 25.1 Å². The van der Waals surface area contributed by atoms with Crippen molar-refractivity contribution in [1.29, 1.82) is 0 Å². The average molecular weight is 285 g/mol. The van der Waals surface area contributed by atoms with Gasteiger partial charge in [0.1, 0.15) is 11.7 Å². The van der Waals surface area contributed by atoms with E-state index in [1.54, 1.807) is 11.5 Å². The Bertz CT molecular complexity index is 803. The van der Waals surface area contributed by atoms with Crippen molar-refractivity contribution < 1.29 is 14.3 Å². The van der Waals surface area contributed by atoms with E-state index in [0.717, 1.165) is 10.9 Å². The molecule has 0 radical (unpaired) electrons. The van der Waals surface area contributed by atoms with Gasteiger partial charge in [0.2, 0.25) is 5.89 Å². The highest BCUT2D eigenvalue weighted by Gasteiger charge is 2.25. The SMILES string of the molecule is CCC(C(=O)O)n1c(-c2nnc(C)o2)cc2ccccc21. The summed E-state index contributed by atoms with van der Waals surface area (Å²) in [5.41, 5.74) is 1.48. The van der Waals surface area contributed by atoms with Gasteiger partial charge in [0, 0.05) is 17.8 Å². The summed E-state index contributed by atoms with van der Waals surface area (Å²) in [7, 11) is 0. The number of fused-ring (bicyclic) bond motifs is 1. The topological polar surface area (TPSA) is 81.1 Å². The van der Waals surface area contributed by atoms with Crippen LogP contribution >= 0.6 is 0 Å². The molecule has 0 aliphatic rings. The number of carboxylic acid groups (broad SMARTS) is 1. The highest BCUT2D eigenvalue weighted by Crippen LogP contribution is 2.32. The minimum absolute atomic E-state index is 0.336. The standard InChI is InChI=1S/C15H15N3O3/c1-3-11(15(19)20)18-12-7-5-4-6-10(12)8-13(18)14-17-16-9(2)21-14/h4-8,11H,3H2,1-2H3,(H,19,20). The summed E-state index contributed by atoms with van der Waals surface area (Å²) in [5.74, 6) is -0.0927. The lowest BCUT2D eigenvalue weighted by Gasteiger charge is -2.16. The van der Waals surface area contributed by atoms with Gasteiger partial charge in [0.25, 0.3) is 5.89 Å². The zero-order valence-corrected chi connectivity index (χ0v) is 11.8. The van der Waals surface area contributed by atoms with Crippen LogP contribution in [0.15, 0.2) is 34.7 Å².